The van der Waals surface area contributed by atoms with E-state index in [1.54, 1.807) is 11.3 Å². The van der Waals surface area contributed by atoms with E-state index in [2.05, 4.69) is 18.4 Å². The predicted molar refractivity (Wildman–Crippen MR) is 83.7 cm³/mol. The lowest BCUT2D eigenvalue weighted by molar-refractivity contribution is 0.173. The summed E-state index contributed by atoms with van der Waals surface area (Å²) < 4.78 is 11.7. The molecule has 108 valence electrons. The molecule has 1 aromatic heterocycles. The molecule has 0 bridgehead atoms. The number of hydrogen-bond acceptors (Lipinski definition) is 4. The number of nitrogens with two attached hydrogens (primary N) is 1. The van der Waals surface area contributed by atoms with Gasteiger partial charge in [-0.2, -0.15) is 0 Å². The van der Waals surface area contributed by atoms with Crippen LogP contribution in [-0.4, -0.2) is 12.6 Å². The van der Waals surface area contributed by atoms with Crippen LogP contribution in [0.1, 0.15) is 30.4 Å². The SMILES string of the molecule is CCOc1ccccc1OC(c1sccc1C)C(C)N. The molecular weight excluding hydrogens is 270 g/mol. The molecule has 2 aromatic rings. The third kappa shape index (κ3) is 3.32. The molecule has 0 aliphatic rings. The highest BCUT2D eigenvalue weighted by atomic mass is 32.1. The minimum absolute atomic E-state index is 0.0953. The molecule has 0 aliphatic heterocycles. The van der Waals surface area contributed by atoms with E-state index in [-0.39, 0.29) is 12.1 Å². The molecule has 3 nitrogen and oxygen atoms in total. The fraction of sp³-hybridized carbons (Fsp3) is 0.375. The van der Waals surface area contributed by atoms with Crippen molar-refractivity contribution in [3.05, 3.63) is 46.2 Å². The normalized spacial score (nSPS) is 13.8. The van der Waals surface area contributed by atoms with E-state index >= 15 is 0 Å². The molecular formula is C16H21NO2S. The highest BCUT2D eigenvalue weighted by Crippen LogP contribution is 2.34. The number of para-hydroxylation sites is 2. The molecule has 20 heavy (non-hydrogen) atoms. The van der Waals surface area contributed by atoms with Gasteiger partial charge in [-0.15, -0.1) is 11.3 Å². The van der Waals surface area contributed by atoms with E-state index < -0.39 is 0 Å². The van der Waals surface area contributed by atoms with Gasteiger partial charge in [0.25, 0.3) is 0 Å². The van der Waals surface area contributed by atoms with Gasteiger partial charge in [0.2, 0.25) is 0 Å². The second-order valence-corrected chi connectivity index (χ2v) is 5.69. The van der Waals surface area contributed by atoms with Crippen LogP contribution in [0.25, 0.3) is 0 Å². The van der Waals surface area contributed by atoms with Crippen LogP contribution in [0.3, 0.4) is 0 Å². The van der Waals surface area contributed by atoms with Crippen LogP contribution >= 0.6 is 11.3 Å². The molecule has 0 aliphatic carbocycles. The average Bonchev–Trinajstić information content (AvgIpc) is 2.84. The van der Waals surface area contributed by atoms with E-state index in [9.17, 15) is 0 Å². The highest BCUT2D eigenvalue weighted by Gasteiger charge is 2.22. The summed E-state index contributed by atoms with van der Waals surface area (Å²) in [7, 11) is 0. The van der Waals surface area contributed by atoms with Crippen LogP contribution in [0.5, 0.6) is 11.5 Å². The Labute approximate surface area is 124 Å². The van der Waals surface area contributed by atoms with Crippen molar-refractivity contribution in [1.29, 1.82) is 0 Å². The molecule has 0 amide bonds. The summed E-state index contributed by atoms with van der Waals surface area (Å²) in [5, 5.41) is 2.07. The zero-order valence-corrected chi connectivity index (χ0v) is 12.9. The van der Waals surface area contributed by atoms with Crippen molar-refractivity contribution < 1.29 is 9.47 Å². The maximum Gasteiger partial charge on any atom is 0.162 e. The third-order valence-corrected chi connectivity index (χ3v) is 4.12. The first-order valence-electron chi connectivity index (χ1n) is 6.81. The Balaban J connectivity index is 2.28. The first kappa shape index (κ1) is 14.9. The van der Waals surface area contributed by atoms with Gasteiger partial charge in [-0.3, -0.25) is 0 Å². The number of benzene rings is 1. The molecule has 0 saturated heterocycles. The zero-order valence-electron chi connectivity index (χ0n) is 12.1. The lowest BCUT2D eigenvalue weighted by atomic mass is 10.1. The number of rotatable bonds is 6. The number of thiophene rings is 1. The van der Waals surface area contributed by atoms with Gasteiger partial charge in [0.05, 0.1) is 6.61 Å². The van der Waals surface area contributed by atoms with Crippen molar-refractivity contribution in [1.82, 2.24) is 0 Å². The van der Waals surface area contributed by atoms with Gasteiger partial charge in [-0.1, -0.05) is 12.1 Å². The molecule has 0 spiro atoms. The topological polar surface area (TPSA) is 44.5 Å². The van der Waals surface area contributed by atoms with Gasteiger partial charge in [0, 0.05) is 10.9 Å². The second kappa shape index (κ2) is 6.77. The quantitative estimate of drug-likeness (QED) is 0.877. The van der Waals surface area contributed by atoms with Crippen LogP contribution < -0.4 is 15.2 Å². The van der Waals surface area contributed by atoms with Crippen molar-refractivity contribution in [3.63, 3.8) is 0 Å². The Morgan fingerprint density at radius 3 is 2.45 bits per heavy atom. The Hall–Kier alpha value is -1.52. The predicted octanol–water partition coefficient (Wildman–Crippen LogP) is 3.92. The van der Waals surface area contributed by atoms with Gasteiger partial charge in [-0.05, 0) is 49.9 Å². The minimum Gasteiger partial charge on any atom is -0.490 e. The molecule has 2 rings (SSSR count). The van der Waals surface area contributed by atoms with Crippen LogP contribution in [0.2, 0.25) is 0 Å². The molecule has 0 saturated carbocycles. The maximum atomic E-state index is 6.15. The van der Waals surface area contributed by atoms with Crippen LogP contribution in [0.15, 0.2) is 35.7 Å². The lowest BCUT2D eigenvalue weighted by Gasteiger charge is -2.23. The summed E-state index contributed by atoms with van der Waals surface area (Å²) in [5.74, 6) is 1.50. The molecule has 2 N–H and O–H groups in total. The standard InChI is InChI=1S/C16H21NO2S/c1-4-18-13-7-5-6-8-14(13)19-15(12(3)17)16-11(2)9-10-20-16/h5-10,12,15H,4,17H2,1-3H3. The Kier molecular flexibility index (Phi) is 5.04. The van der Waals surface area contributed by atoms with Gasteiger partial charge in [-0.25, -0.2) is 0 Å². The van der Waals surface area contributed by atoms with E-state index in [1.165, 1.54) is 10.4 Å². The molecule has 1 aromatic carbocycles. The first-order valence-corrected chi connectivity index (χ1v) is 7.69. The van der Waals surface area contributed by atoms with E-state index in [0.717, 1.165) is 11.5 Å². The number of hydrogen-bond donors (Lipinski definition) is 1. The van der Waals surface area contributed by atoms with Crippen molar-refractivity contribution in [2.45, 2.75) is 32.9 Å². The fourth-order valence-electron chi connectivity index (χ4n) is 2.03. The van der Waals surface area contributed by atoms with Crippen molar-refractivity contribution >= 4 is 11.3 Å². The Morgan fingerprint density at radius 1 is 1.20 bits per heavy atom. The largest absolute Gasteiger partial charge is 0.490 e. The van der Waals surface area contributed by atoms with Gasteiger partial charge in [0.1, 0.15) is 6.10 Å². The summed E-state index contributed by atoms with van der Waals surface area (Å²) in [6, 6.07) is 9.71. The lowest BCUT2D eigenvalue weighted by Crippen LogP contribution is -2.29. The molecule has 2 atom stereocenters. The van der Waals surface area contributed by atoms with Crippen molar-refractivity contribution in [3.8, 4) is 11.5 Å². The highest BCUT2D eigenvalue weighted by molar-refractivity contribution is 7.10. The monoisotopic (exact) mass is 291 g/mol. The van der Waals surface area contributed by atoms with Gasteiger partial charge < -0.3 is 15.2 Å². The van der Waals surface area contributed by atoms with Crippen molar-refractivity contribution in [2.24, 2.45) is 5.73 Å². The zero-order chi connectivity index (χ0) is 14.5. The summed E-state index contributed by atoms with van der Waals surface area (Å²) in [6.07, 6.45) is -0.156. The minimum atomic E-state index is -0.156. The van der Waals surface area contributed by atoms with Crippen LogP contribution in [0, 0.1) is 6.92 Å². The van der Waals surface area contributed by atoms with Gasteiger partial charge >= 0.3 is 0 Å². The first-order chi connectivity index (χ1) is 9.63. The van der Waals surface area contributed by atoms with E-state index in [1.807, 2.05) is 38.1 Å². The summed E-state index contributed by atoms with van der Waals surface area (Å²) in [6.45, 7) is 6.62. The van der Waals surface area contributed by atoms with Crippen LogP contribution in [-0.2, 0) is 0 Å². The fourth-order valence-corrected chi connectivity index (χ4v) is 3.10. The Bertz CT molecular complexity index is 551. The summed E-state index contributed by atoms with van der Waals surface area (Å²) >= 11 is 1.68. The van der Waals surface area contributed by atoms with E-state index in [0.29, 0.717) is 6.61 Å². The molecule has 1 heterocycles. The molecule has 0 radical (unpaired) electrons. The van der Waals surface area contributed by atoms with Crippen LogP contribution in [0.4, 0.5) is 0 Å². The van der Waals surface area contributed by atoms with E-state index in [4.69, 9.17) is 15.2 Å². The third-order valence-electron chi connectivity index (χ3n) is 3.04. The summed E-state index contributed by atoms with van der Waals surface area (Å²) in [5.41, 5.74) is 7.32. The molecule has 2 unspecified atom stereocenters. The maximum absolute atomic E-state index is 6.15. The summed E-state index contributed by atoms with van der Waals surface area (Å²) in [4.78, 5) is 1.17. The average molecular weight is 291 g/mol. The smallest absolute Gasteiger partial charge is 0.162 e. The molecule has 4 heteroatoms. The number of aryl methyl sites for hydroxylation is 1. The van der Waals surface area contributed by atoms with Crippen molar-refractivity contribution in [2.75, 3.05) is 6.61 Å². The van der Waals surface area contributed by atoms with Gasteiger partial charge in [0.15, 0.2) is 11.5 Å². The molecule has 0 fully saturated rings. The second-order valence-electron chi connectivity index (χ2n) is 4.75. The number of ether oxygens (including phenoxy) is 2. The Morgan fingerprint density at radius 2 is 1.90 bits per heavy atom.